The second-order valence-electron chi connectivity index (χ2n) is 5.93. The van der Waals surface area contributed by atoms with E-state index in [1.165, 1.54) is 0 Å². The van der Waals surface area contributed by atoms with Crippen molar-refractivity contribution in [3.8, 4) is 11.5 Å². The second-order valence-corrected chi connectivity index (χ2v) is 5.93. The van der Waals surface area contributed by atoms with Gasteiger partial charge in [0, 0.05) is 0 Å². The van der Waals surface area contributed by atoms with Crippen LogP contribution in [0.1, 0.15) is 27.2 Å². The van der Waals surface area contributed by atoms with Crippen molar-refractivity contribution in [3.05, 3.63) is 24.3 Å². The van der Waals surface area contributed by atoms with Crippen molar-refractivity contribution in [3.63, 3.8) is 0 Å². The molecule has 0 fully saturated rings. The van der Waals surface area contributed by atoms with Crippen LogP contribution in [0, 0.1) is 11.3 Å². The summed E-state index contributed by atoms with van der Waals surface area (Å²) < 4.78 is 10.9. The summed E-state index contributed by atoms with van der Waals surface area (Å²) in [6.07, 6.45) is 1.05. The summed E-state index contributed by atoms with van der Waals surface area (Å²) in [6, 6.07) is 7.74. The molecule has 0 aliphatic carbocycles. The lowest BCUT2D eigenvalue weighted by Gasteiger charge is -2.30. The molecule has 0 aliphatic rings. The number of nitrogens with one attached hydrogen (secondary N) is 1. The topological polar surface area (TPSA) is 30.5 Å². The molecule has 0 heterocycles. The van der Waals surface area contributed by atoms with Crippen LogP contribution < -0.4 is 14.8 Å². The first-order valence-electron chi connectivity index (χ1n) is 6.89. The zero-order valence-corrected chi connectivity index (χ0v) is 12.8. The van der Waals surface area contributed by atoms with Crippen LogP contribution in [-0.2, 0) is 0 Å². The van der Waals surface area contributed by atoms with Gasteiger partial charge in [-0.05, 0) is 55.6 Å². The first kappa shape index (κ1) is 15.8. The minimum atomic E-state index is 0.298. The molecule has 1 aromatic carbocycles. The molecule has 0 aliphatic heterocycles. The fourth-order valence-electron chi connectivity index (χ4n) is 2.08. The van der Waals surface area contributed by atoms with E-state index in [0.29, 0.717) is 11.3 Å². The Kier molecular flexibility index (Phi) is 6.16. The Morgan fingerprint density at radius 3 is 2.16 bits per heavy atom. The molecule has 1 rings (SSSR count). The Bertz CT molecular complexity index is 354. The molecule has 1 aromatic rings. The first-order valence-corrected chi connectivity index (χ1v) is 6.89. The van der Waals surface area contributed by atoms with Crippen molar-refractivity contribution in [1.82, 2.24) is 5.32 Å². The maximum atomic E-state index is 5.79. The van der Waals surface area contributed by atoms with E-state index in [0.717, 1.165) is 31.1 Å². The molecule has 3 nitrogen and oxygen atoms in total. The highest BCUT2D eigenvalue weighted by Gasteiger charge is 2.23. The molecular formula is C16H27NO2. The van der Waals surface area contributed by atoms with Crippen LogP contribution in [0.4, 0.5) is 0 Å². The predicted octanol–water partition coefficient (Wildman–Crippen LogP) is 3.35. The van der Waals surface area contributed by atoms with Gasteiger partial charge in [-0.3, -0.25) is 0 Å². The van der Waals surface area contributed by atoms with E-state index in [1.54, 1.807) is 7.11 Å². The van der Waals surface area contributed by atoms with Crippen molar-refractivity contribution >= 4 is 0 Å². The highest BCUT2D eigenvalue weighted by atomic mass is 16.5. The fourth-order valence-corrected chi connectivity index (χ4v) is 2.08. The van der Waals surface area contributed by atoms with Crippen molar-refractivity contribution in [2.75, 3.05) is 27.3 Å². The maximum Gasteiger partial charge on any atom is 0.119 e. The summed E-state index contributed by atoms with van der Waals surface area (Å²) >= 11 is 0. The summed E-state index contributed by atoms with van der Waals surface area (Å²) in [5.74, 6) is 2.36. The third-order valence-electron chi connectivity index (χ3n) is 3.47. The molecule has 0 aromatic heterocycles. The van der Waals surface area contributed by atoms with Gasteiger partial charge in [-0.2, -0.15) is 0 Å². The smallest absolute Gasteiger partial charge is 0.119 e. The molecule has 0 saturated carbocycles. The SMILES string of the molecule is CNCC(CCOc1ccc(OC)cc1)C(C)(C)C. The largest absolute Gasteiger partial charge is 0.497 e. The van der Waals surface area contributed by atoms with Gasteiger partial charge in [0.25, 0.3) is 0 Å². The van der Waals surface area contributed by atoms with Gasteiger partial charge in [0.1, 0.15) is 11.5 Å². The van der Waals surface area contributed by atoms with Gasteiger partial charge in [0.2, 0.25) is 0 Å². The van der Waals surface area contributed by atoms with Crippen LogP contribution in [-0.4, -0.2) is 27.3 Å². The van der Waals surface area contributed by atoms with Crippen molar-refractivity contribution in [2.45, 2.75) is 27.2 Å². The monoisotopic (exact) mass is 265 g/mol. The van der Waals surface area contributed by atoms with Crippen LogP contribution in [0.3, 0.4) is 0 Å². The molecule has 0 amide bonds. The molecule has 0 bridgehead atoms. The van der Waals surface area contributed by atoms with E-state index < -0.39 is 0 Å². The molecule has 1 unspecified atom stereocenters. The van der Waals surface area contributed by atoms with E-state index in [4.69, 9.17) is 9.47 Å². The molecule has 1 atom stereocenters. The summed E-state index contributed by atoms with van der Waals surface area (Å²) in [4.78, 5) is 0. The Balaban J connectivity index is 2.42. The molecule has 0 spiro atoms. The average Bonchev–Trinajstić information content (AvgIpc) is 2.37. The summed E-state index contributed by atoms with van der Waals surface area (Å²) in [5, 5.41) is 3.27. The average molecular weight is 265 g/mol. The molecule has 19 heavy (non-hydrogen) atoms. The zero-order chi connectivity index (χ0) is 14.3. The van der Waals surface area contributed by atoms with Gasteiger partial charge < -0.3 is 14.8 Å². The molecule has 1 N–H and O–H groups in total. The fraction of sp³-hybridized carbons (Fsp3) is 0.625. The highest BCUT2D eigenvalue weighted by Crippen LogP contribution is 2.28. The van der Waals surface area contributed by atoms with Crippen LogP contribution >= 0.6 is 0 Å². The standard InChI is InChI=1S/C16H27NO2/c1-16(2,3)13(12-17-4)10-11-19-15-8-6-14(18-5)7-9-15/h6-9,13,17H,10-12H2,1-5H3. The maximum absolute atomic E-state index is 5.79. The van der Waals surface area contributed by atoms with Gasteiger partial charge >= 0.3 is 0 Å². The van der Waals surface area contributed by atoms with Crippen molar-refractivity contribution < 1.29 is 9.47 Å². The summed E-state index contributed by atoms with van der Waals surface area (Å²) in [7, 11) is 3.67. The summed E-state index contributed by atoms with van der Waals surface area (Å²) in [6.45, 7) is 8.61. The van der Waals surface area contributed by atoms with E-state index in [-0.39, 0.29) is 0 Å². The number of hydrogen-bond acceptors (Lipinski definition) is 3. The molecule has 0 radical (unpaired) electrons. The Morgan fingerprint density at radius 2 is 1.68 bits per heavy atom. The van der Waals surface area contributed by atoms with Gasteiger partial charge in [-0.1, -0.05) is 20.8 Å². The van der Waals surface area contributed by atoms with Crippen molar-refractivity contribution in [1.29, 1.82) is 0 Å². The lowest BCUT2D eigenvalue weighted by molar-refractivity contribution is 0.182. The quantitative estimate of drug-likeness (QED) is 0.820. The van der Waals surface area contributed by atoms with Crippen LogP contribution in [0.2, 0.25) is 0 Å². The third-order valence-corrected chi connectivity index (χ3v) is 3.47. The molecule has 108 valence electrons. The zero-order valence-electron chi connectivity index (χ0n) is 12.8. The number of hydrogen-bond donors (Lipinski definition) is 1. The summed E-state index contributed by atoms with van der Waals surface area (Å²) in [5.41, 5.74) is 0.298. The van der Waals surface area contributed by atoms with Crippen LogP contribution in [0.5, 0.6) is 11.5 Å². The Labute approximate surface area is 117 Å². The van der Waals surface area contributed by atoms with E-state index in [1.807, 2.05) is 31.3 Å². The van der Waals surface area contributed by atoms with Crippen LogP contribution in [0.25, 0.3) is 0 Å². The first-order chi connectivity index (χ1) is 8.97. The highest BCUT2D eigenvalue weighted by molar-refractivity contribution is 5.31. The molecule has 0 saturated heterocycles. The number of methoxy groups -OCH3 is 1. The third kappa shape index (κ3) is 5.52. The van der Waals surface area contributed by atoms with E-state index in [9.17, 15) is 0 Å². The van der Waals surface area contributed by atoms with E-state index in [2.05, 4.69) is 26.1 Å². The van der Waals surface area contributed by atoms with Gasteiger partial charge in [0.05, 0.1) is 13.7 Å². The Hall–Kier alpha value is -1.22. The van der Waals surface area contributed by atoms with E-state index >= 15 is 0 Å². The molecule has 3 heteroatoms. The lowest BCUT2D eigenvalue weighted by atomic mass is 9.79. The van der Waals surface area contributed by atoms with Gasteiger partial charge in [0.15, 0.2) is 0 Å². The minimum Gasteiger partial charge on any atom is -0.497 e. The second kappa shape index (κ2) is 7.39. The number of rotatable bonds is 7. The van der Waals surface area contributed by atoms with Gasteiger partial charge in [-0.15, -0.1) is 0 Å². The van der Waals surface area contributed by atoms with Gasteiger partial charge in [-0.25, -0.2) is 0 Å². The normalized spacial score (nSPS) is 13.1. The van der Waals surface area contributed by atoms with Crippen LogP contribution in [0.15, 0.2) is 24.3 Å². The Morgan fingerprint density at radius 1 is 1.11 bits per heavy atom. The predicted molar refractivity (Wildman–Crippen MR) is 80.0 cm³/mol. The molecular weight excluding hydrogens is 238 g/mol. The van der Waals surface area contributed by atoms with Crippen molar-refractivity contribution in [2.24, 2.45) is 11.3 Å². The minimum absolute atomic E-state index is 0.298. The number of ether oxygens (including phenoxy) is 2. The number of benzene rings is 1. The lowest BCUT2D eigenvalue weighted by Crippen LogP contribution is -2.31.